The van der Waals surface area contributed by atoms with E-state index in [0.717, 1.165) is 0 Å². The fourth-order valence-corrected chi connectivity index (χ4v) is 1.63. The van der Waals surface area contributed by atoms with Gasteiger partial charge in [-0.3, -0.25) is 14.9 Å². The number of ether oxygens (including phenoxy) is 1. The molecule has 21 heavy (non-hydrogen) atoms. The number of nitrogens with zero attached hydrogens (tertiary/aromatic N) is 2. The van der Waals surface area contributed by atoms with Crippen LogP contribution in [0.2, 0.25) is 0 Å². The van der Waals surface area contributed by atoms with E-state index in [2.05, 4.69) is 0 Å². The number of furan rings is 1. The summed E-state index contributed by atoms with van der Waals surface area (Å²) in [6.07, 6.45) is 0. The van der Waals surface area contributed by atoms with Crippen molar-refractivity contribution in [2.45, 2.75) is 6.61 Å². The number of carbonyl (C=O) groups is 1. The fraction of sp³-hybridized carbons (Fsp3) is 0.214. The molecule has 0 aliphatic carbocycles. The smallest absolute Gasteiger partial charge is 0.289 e. The van der Waals surface area contributed by atoms with Gasteiger partial charge < -0.3 is 14.1 Å². The maximum atomic E-state index is 11.7. The number of non-ortho nitro benzene ring substituents is 1. The SMILES string of the molecule is CN(C)C(=O)c1ccc(COc2cccc([N+](=O)[O-])c2)o1. The van der Waals surface area contributed by atoms with Crippen molar-refractivity contribution in [3.05, 3.63) is 58.0 Å². The van der Waals surface area contributed by atoms with Crippen LogP contribution in [0, 0.1) is 10.1 Å². The third-order valence-electron chi connectivity index (χ3n) is 2.69. The molecule has 0 atom stereocenters. The number of rotatable bonds is 5. The first-order valence-corrected chi connectivity index (χ1v) is 6.15. The predicted molar refractivity (Wildman–Crippen MR) is 74.2 cm³/mol. The lowest BCUT2D eigenvalue weighted by Crippen LogP contribution is -2.20. The van der Waals surface area contributed by atoms with E-state index in [-0.39, 0.29) is 24.0 Å². The summed E-state index contributed by atoms with van der Waals surface area (Å²) < 4.78 is 10.8. The molecule has 1 heterocycles. The summed E-state index contributed by atoms with van der Waals surface area (Å²) >= 11 is 0. The van der Waals surface area contributed by atoms with Crippen molar-refractivity contribution in [1.29, 1.82) is 0 Å². The molecule has 1 aromatic carbocycles. The van der Waals surface area contributed by atoms with Crippen molar-refractivity contribution in [3.8, 4) is 5.75 Å². The minimum atomic E-state index is -0.492. The van der Waals surface area contributed by atoms with Crippen molar-refractivity contribution < 1.29 is 18.9 Å². The molecule has 0 saturated heterocycles. The first kappa shape index (κ1) is 14.6. The Morgan fingerprint density at radius 2 is 2.10 bits per heavy atom. The lowest BCUT2D eigenvalue weighted by Gasteiger charge is -2.07. The van der Waals surface area contributed by atoms with Gasteiger partial charge in [0.15, 0.2) is 5.76 Å². The number of hydrogen-bond acceptors (Lipinski definition) is 5. The average Bonchev–Trinajstić information content (AvgIpc) is 2.93. The second kappa shape index (κ2) is 6.08. The highest BCUT2D eigenvalue weighted by atomic mass is 16.6. The van der Waals surface area contributed by atoms with Crippen molar-refractivity contribution in [3.63, 3.8) is 0 Å². The van der Waals surface area contributed by atoms with Gasteiger partial charge in [0.25, 0.3) is 11.6 Å². The largest absolute Gasteiger partial charge is 0.485 e. The van der Waals surface area contributed by atoms with Crippen LogP contribution in [0.1, 0.15) is 16.3 Å². The molecule has 0 aliphatic rings. The molecule has 0 aliphatic heterocycles. The summed E-state index contributed by atoms with van der Waals surface area (Å²) in [5.41, 5.74) is -0.0459. The maximum absolute atomic E-state index is 11.7. The number of nitro groups is 1. The Morgan fingerprint density at radius 1 is 1.33 bits per heavy atom. The molecule has 0 unspecified atom stereocenters. The molecule has 0 fully saturated rings. The molecule has 0 radical (unpaired) electrons. The molecule has 2 rings (SSSR count). The second-order valence-electron chi connectivity index (χ2n) is 4.51. The van der Waals surface area contributed by atoms with E-state index in [9.17, 15) is 14.9 Å². The number of benzene rings is 1. The first-order valence-electron chi connectivity index (χ1n) is 6.15. The zero-order valence-corrected chi connectivity index (χ0v) is 11.6. The molecular weight excluding hydrogens is 276 g/mol. The summed E-state index contributed by atoms with van der Waals surface area (Å²) in [6, 6.07) is 9.06. The lowest BCUT2D eigenvalue weighted by molar-refractivity contribution is -0.384. The summed E-state index contributed by atoms with van der Waals surface area (Å²) in [7, 11) is 3.26. The van der Waals surface area contributed by atoms with Gasteiger partial charge >= 0.3 is 0 Å². The Hall–Kier alpha value is -2.83. The molecule has 7 heteroatoms. The van der Waals surface area contributed by atoms with Gasteiger partial charge in [-0.1, -0.05) is 6.07 Å². The molecule has 0 saturated carbocycles. The highest BCUT2D eigenvalue weighted by Crippen LogP contribution is 2.20. The van der Waals surface area contributed by atoms with Gasteiger partial charge in [0.05, 0.1) is 11.0 Å². The Morgan fingerprint density at radius 3 is 2.76 bits per heavy atom. The van der Waals surface area contributed by atoms with E-state index in [4.69, 9.17) is 9.15 Å². The quantitative estimate of drug-likeness (QED) is 0.623. The van der Waals surface area contributed by atoms with Gasteiger partial charge in [0, 0.05) is 20.2 Å². The summed E-state index contributed by atoms with van der Waals surface area (Å²) in [6.45, 7) is 0.0852. The minimum absolute atomic E-state index is 0.0459. The van der Waals surface area contributed by atoms with Gasteiger partial charge in [-0.25, -0.2) is 0 Å². The molecule has 7 nitrogen and oxygen atoms in total. The fourth-order valence-electron chi connectivity index (χ4n) is 1.63. The van der Waals surface area contributed by atoms with E-state index in [0.29, 0.717) is 11.5 Å². The maximum Gasteiger partial charge on any atom is 0.289 e. The molecule has 0 spiro atoms. The zero-order valence-electron chi connectivity index (χ0n) is 11.6. The predicted octanol–water partition coefficient (Wildman–Crippen LogP) is 2.47. The van der Waals surface area contributed by atoms with Crippen LogP contribution >= 0.6 is 0 Å². The molecule has 2 aromatic rings. The van der Waals surface area contributed by atoms with Gasteiger partial charge in [-0.2, -0.15) is 0 Å². The number of amides is 1. The monoisotopic (exact) mass is 290 g/mol. The van der Waals surface area contributed by atoms with Gasteiger partial charge in [0.2, 0.25) is 0 Å². The van der Waals surface area contributed by atoms with Crippen LogP contribution < -0.4 is 4.74 Å². The van der Waals surface area contributed by atoms with Crippen LogP contribution in [-0.2, 0) is 6.61 Å². The van der Waals surface area contributed by atoms with Gasteiger partial charge in [-0.05, 0) is 18.2 Å². The lowest BCUT2D eigenvalue weighted by atomic mass is 10.3. The minimum Gasteiger partial charge on any atom is -0.485 e. The zero-order chi connectivity index (χ0) is 15.4. The molecular formula is C14H14N2O5. The third-order valence-corrected chi connectivity index (χ3v) is 2.69. The topological polar surface area (TPSA) is 85.8 Å². The van der Waals surface area contributed by atoms with E-state index < -0.39 is 4.92 Å². The van der Waals surface area contributed by atoms with Crippen LogP contribution in [0.3, 0.4) is 0 Å². The third kappa shape index (κ3) is 3.59. The summed E-state index contributed by atoms with van der Waals surface area (Å²) in [4.78, 5) is 23.2. The normalized spacial score (nSPS) is 10.2. The van der Waals surface area contributed by atoms with Crippen LogP contribution in [0.25, 0.3) is 0 Å². The second-order valence-corrected chi connectivity index (χ2v) is 4.51. The Balaban J connectivity index is 2.02. The number of nitro benzene ring substituents is 1. The van der Waals surface area contributed by atoms with Crippen molar-refractivity contribution in [1.82, 2.24) is 4.90 Å². The summed E-state index contributed by atoms with van der Waals surface area (Å²) in [5.74, 6) is 0.807. The van der Waals surface area contributed by atoms with Crippen LogP contribution in [-0.4, -0.2) is 29.8 Å². The highest BCUT2D eigenvalue weighted by Gasteiger charge is 2.13. The van der Waals surface area contributed by atoms with Crippen molar-refractivity contribution in [2.75, 3.05) is 14.1 Å². The van der Waals surface area contributed by atoms with Gasteiger partial charge in [-0.15, -0.1) is 0 Å². The van der Waals surface area contributed by atoms with Crippen molar-refractivity contribution >= 4 is 11.6 Å². The summed E-state index contributed by atoms with van der Waals surface area (Å²) in [5, 5.41) is 10.7. The van der Waals surface area contributed by atoms with Gasteiger partial charge in [0.1, 0.15) is 18.1 Å². The molecule has 1 amide bonds. The van der Waals surface area contributed by atoms with E-state index in [1.807, 2.05) is 0 Å². The number of carbonyl (C=O) groups excluding carboxylic acids is 1. The van der Waals surface area contributed by atoms with E-state index in [1.54, 1.807) is 32.3 Å². The Kier molecular flexibility index (Phi) is 4.22. The van der Waals surface area contributed by atoms with E-state index >= 15 is 0 Å². The standard InChI is InChI=1S/C14H14N2O5/c1-15(2)14(17)13-7-6-12(21-13)9-20-11-5-3-4-10(8-11)16(18)19/h3-8H,9H2,1-2H3. The molecule has 1 aromatic heterocycles. The van der Waals surface area contributed by atoms with Crippen LogP contribution in [0.4, 0.5) is 5.69 Å². The Labute approximate surface area is 120 Å². The highest BCUT2D eigenvalue weighted by molar-refractivity contribution is 5.91. The number of hydrogen-bond donors (Lipinski definition) is 0. The van der Waals surface area contributed by atoms with Crippen LogP contribution in [0.15, 0.2) is 40.8 Å². The molecule has 110 valence electrons. The average molecular weight is 290 g/mol. The first-order chi connectivity index (χ1) is 9.97. The molecule has 0 N–H and O–H groups in total. The van der Waals surface area contributed by atoms with E-state index in [1.165, 1.54) is 23.1 Å². The Bertz CT molecular complexity index is 663. The van der Waals surface area contributed by atoms with Crippen LogP contribution in [0.5, 0.6) is 5.75 Å². The van der Waals surface area contributed by atoms with Crippen molar-refractivity contribution in [2.24, 2.45) is 0 Å². The molecule has 0 bridgehead atoms.